The van der Waals surface area contributed by atoms with Crippen LogP contribution in [0.1, 0.15) is 28.7 Å². The van der Waals surface area contributed by atoms with Crippen LogP contribution in [0.3, 0.4) is 0 Å². The lowest BCUT2D eigenvalue weighted by atomic mass is 10.0. The highest BCUT2D eigenvalue weighted by atomic mass is 16.3. The van der Waals surface area contributed by atoms with Crippen LogP contribution < -0.4 is 21.9 Å². The summed E-state index contributed by atoms with van der Waals surface area (Å²) in [6.45, 7) is 1.98. The lowest BCUT2D eigenvalue weighted by Crippen LogP contribution is -2.46. The molecular formula is C18H16N4O4. The molecule has 1 atom stereocenters. The van der Waals surface area contributed by atoms with E-state index in [1.807, 2.05) is 30.3 Å². The third kappa shape index (κ3) is 2.71. The third-order valence-corrected chi connectivity index (χ3v) is 4.26. The molecule has 0 fully saturated rings. The summed E-state index contributed by atoms with van der Waals surface area (Å²) in [6.07, 6.45) is 0. The number of nitrogens with one attached hydrogen (secondary N) is 3. The van der Waals surface area contributed by atoms with Crippen molar-refractivity contribution in [3.05, 3.63) is 86.0 Å². The number of anilines is 1. The first-order valence-corrected chi connectivity index (χ1v) is 8.08. The van der Waals surface area contributed by atoms with Gasteiger partial charge in [0.15, 0.2) is 0 Å². The molecule has 3 N–H and O–H groups in total. The predicted octanol–water partition coefficient (Wildman–Crippen LogP) is 1.71. The highest BCUT2D eigenvalue weighted by molar-refractivity contribution is 5.92. The quantitative estimate of drug-likeness (QED) is 0.666. The Balaban J connectivity index is 1.89. The lowest BCUT2D eigenvalue weighted by Gasteiger charge is -2.27. The van der Waals surface area contributed by atoms with Crippen LogP contribution in [0.2, 0.25) is 0 Å². The van der Waals surface area contributed by atoms with Crippen LogP contribution in [0.4, 0.5) is 10.6 Å². The Morgan fingerprint density at radius 1 is 1.08 bits per heavy atom. The zero-order valence-corrected chi connectivity index (χ0v) is 13.9. The van der Waals surface area contributed by atoms with Crippen molar-refractivity contribution in [1.29, 1.82) is 0 Å². The fraction of sp³-hybridized carbons (Fsp3) is 0.167. The molecule has 0 spiro atoms. The van der Waals surface area contributed by atoms with E-state index < -0.39 is 23.3 Å². The number of benzene rings is 1. The highest BCUT2D eigenvalue weighted by Crippen LogP contribution is 2.29. The fourth-order valence-corrected chi connectivity index (χ4v) is 3.07. The van der Waals surface area contributed by atoms with Crippen molar-refractivity contribution in [2.24, 2.45) is 0 Å². The highest BCUT2D eigenvalue weighted by Gasteiger charge is 2.33. The maximum absolute atomic E-state index is 12.5. The molecule has 2 aromatic heterocycles. The van der Waals surface area contributed by atoms with Gasteiger partial charge in [0.05, 0.1) is 12.1 Å². The number of aromatic amines is 1. The molecule has 0 aliphatic carbocycles. The summed E-state index contributed by atoms with van der Waals surface area (Å²) in [5, 5.41) is 5.26. The second-order valence-corrected chi connectivity index (χ2v) is 6.07. The van der Waals surface area contributed by atoms with E-state index in [0.29, 0.717) is 11.5 Å². The Kier molecular flexibility index (Phi) is 3.72. The number of rotatable bonds is 3. The molecular weight excluding hydrogens is 336 g/mol. The number of hydrogen-bond donors (Lipinski definition) is 3. The van der Waals surface area contributed by atoms with E-state index in [0.717, 1.165) is 5.56 Å². The van der Waals surface area contributed by atoms with Gasteiger partial charge in [-0.05, 0) is 24.6 Å². The summed E-state index contributed by atoms with van der Waals surface area (Å²) in [5.41, 5.74) is -0.0634. The number of furan rings is 1. The van der Waals surface area contributed by atoms with Gasteiger partial charge in [-0.2, -0.15) is 0 Å². The monoisotopic (exact) mass is 352 g/mol. The molecule has 0 saturated carbocycles. The van der Waals surface area contributed by atoms with E-state index in [4.69, 9.17) is 4.42 Å². The standard InChI is InChI=1S/C18H16N4O4/c1-10-7-8-12(26-10)14-13-15(20-17(24)19-14)22(18(25)21-16(13)23)9-11-5-3-2-4-6-11/h2-8,14H,9H2,1H3,(H2,19,20,24)(H,21,23,25). The van der Waals surface area contributed by atoms with Crippen LogP contribution in [-0.2, 0) is 6.54 Å². The molecule has 4 rings (SSSR count). The van der Waals surface area contributed by atoms with Crippen molar-refractivity contribution in [2.45, 2.75) is 19.5 Å². The van der Waals surface area contributed by atoms with Crippen molar-refractivity contribution >= 4 is 11.8 Å². The minimum absolute atomic E-state index is 0.172. The van der Waals surface area contributed by atoms with Gasteiger partial charge in [0.1, 0.15) is 23.4 Å². The number of carbonyl (C=O) groups is 1. The number of H-pyrrole nitrogens is 1. The van der Waals surface area contributed by atoms with Crippen molar-refractivity contribution in [3.8, 4) is 0 Å². The average Bonchev–Trinajstić information content (AvgIpc) is 3.05. The van der Waals surface area contributed by atoms with Gasteiger partial charge in [-0.1, -0.05) is 30.3 Å². The number of aromatic nitrogens is 2. The van der Waals surface area contributed by atoms with E-state index >= 15 is 0 Å². The second kappa shape index (κ2) is 6.07. The molecule has 8 heteroatoms. The summed E-state index contributed by atoms with van der Waals surface area (Å²) in [4.78, 5) is 39.3. The van der Waals surface area contributed by atoms with Gasteiger partial charge < -0.3 is 9.73 Å². The lowest BCUT2D eigenvalue weighted by molar-refractivity contribution is 0.246. The molecule has 26 heavy (non-hydrogen) atoms. The first kappa shape index (κ1) is 15.9. The second-order valence-electron chi connectivity index (χ2n) is 6.07. The first-order valence-electron chi connectivity index (χ1n) is 8.08. The Labute approximate surface area is 147 Å². The van der Waals surface area contributed by atoms with E-state index in [2.05, 4.69) is 15.6 Å². The number of urea groups is 1. The summed E-state index contributed by atoms with van der Waals surface area (Å²) < 4.78 is 6.93. The molecule has 1 aliphatic heterocycles. The summed E-state index contributed by atoms with van der Waals surface area (Å²) >= 11 is 0. The van der Waals surface area contributed by atoms with Crippen LogP contribution in [0.25, 0.3) is 0 Å². The third-order valence-electron chi connectivity index (χ3n) is 4.26. The molecule has 2 amide bonds. The van der Waals surface area contributed by atoms with Crippen molar-refractivity contribution < 1.29 is 9.21 Å². The van der Waals surface area contributed by atoms with Gasteiger partial charge in [-0.3, -0.25) is 19.7 Å². The van der Waals surface area contributed by atoms with Crippen molar-refractivity contribution in [1.82, 2.24) is 14.9 Å². The molecule has 8 nitrogen and oxygen atoms in total. The fourth-order valence-electron chi connectivity index (χ4n) is 3.07. The first-order chi connectivity index (χ1) is 12.5. The normalized spacial score (nSPS) is 15.9. The largest absolute Gasteiger partial charge is 0.464 e. The van der Waals surface area contributed by atoms with Gasteiger partial charge in [-0.15, -0.1) is 0 Å². The smallest absolute Gasteiger partial charge is 0.330 e. The Hall–Kier alpha value is -3.55. The van der Waals surface area contributed by atoms with Crippen LogP contribution in [0.15, 0.2) is 56.5 Å². The Morgan fingerprint density at radius 3 is 2.54 bits per heavy atom. The Bertz CT molecular complexity index is 1090. The average molecular weight is 352 g/mol. The van der Waals surface area contributed by atoms with Crippen LogP contribution in [0.5, 0.6) is 0 Å². The van der Waals surface area contributed by atoms with Gasteiger partial charge in [0.25, 0.3) is 5.56 Å². The zero-order chi connectivity index (χ0) is 18.3. The van der Waals surface area contributed by atoms with E-state index in [1.54, 1.807) is 19.1 Å². The summed E-state index contributed by atoms with van der Waals surface area (Å²) in [6, 6.07) is 11.5. The number of hydrogen-bond acceptors (Lipinski definition) is 4. The Morgan fingerprint density at radius 2 is 1.85 bits per heavy atom. The van der Waals surface area contributed by atoms with Crippen LogP contribution in [0, 0.1) is 6.92 Å². The molecule has 3 heterocycles. The molecule has 1 aromatic carbocycles. The van der Waals surface area contributed by atoms with Gasteiger partial charge in [0.2, 0.25) is 0 Å². The molecule has 0 saturated heterocycles. The van der Waals surface area contributed by atoms with Crippen LogP contribution >= 0.6 is 0 Å². The maximum Gasteiger partial charge on any atom is 0.330 e. The maximum atomic E-state index is 12.5. The predicted molar refractivity (Wildman–Crippen MR) is 94.3 cm³/mol. The van der Waals surface area contributed by atoms with Crippen molar-refractivity contribution in [3.63, 3.8) is 0 Å². The zero-order valence-electron chi connectivity index (χ0n) is 13.9. The number of fused-ring (bicyclic) bond motifs is 1. The van der Waals surface area contributed by atoms with Crippen LogP contribution in [-0.4, -0.2) is 15.6 Å². The molecule has 132 valence electrons. The molecule has 0 bridgehead atoms. The summed E-state index contributed by atoms with van der Waals surface area (Å²) in [5.74, 6) is 1.25. The minimum atomic E-state index is -0.779. The van der Waals surface area contributed by atoms with Gasteiger partial charge >= 0.3 is 11.7 Å². The van der Waals surface area contributed by atoms with Gasteiger partial charge in [-0.25, -0.2) is 9.59 Å². The van der Waals surface area contributed by atoms with Crippen molar-refractivity contribution in [2.75, 3.05) is 5.32 Å². The van der Waals surface area contributed by atoms with Gasteiger partial charge in [0, 0.05) is 0 Å². The molecule has 1 unspecified atom stereocenters. The SMILES string of the molecule is Cc1ccc(C2NC(=O)Nc3c2c(=O)[nH]c(=O)n3Cc2ccccc2)o1. The number of aryl methyl sites for hydroxylation is 1. The number of carbonyl (C=O) groups excluding carboxylic acids is 1. The molecule has 1 aliphatic rings. The summed E-state index contributed by atoms with van der Waals surface area (Å²) in [7, 11) is 0. The minimum Gasteiger partial charge on any atom is -0.464 e. The number of amides is 2. The topological polar surface area (TPSA) is 109 Å². The molecule has 3 aromatic rings. The number of nitrogens with zero attached hydrogens (tertiary/aromatic N) is 1. The van der Waals surface area contributed by atoms with E-state index in [-0.39, 0.29) is 17.9 Å². The van der Waals surface area contributed by atoms with E-state index in [9.17, 15) is 14.4 Å². The van der Waals surface area contributed by atoms with E-state index in [1.165, 1.54) is 4.57 Å². The molecule has 0 radical (unpaired) electrons.